The van der Waals surface area contributed by atoms with E-state index in [1.807, 2.05) is 4.90 Å². The van der Waals surface area contributed by atoms with E-state index in [4.69, 9.17) is 12.8 Å². The number of nitrogens with one attached hydrogen (secondary N) is 1. The molecule has 1 saturated heterocycles. The Morgan fingerprint density at radius 1 is 1.19 bits per heavy atom. The maximum atomic E-state index is 11.7. The third-order valence-corrected chi connectivity index (χ3v) is 2.54. The van der Waals surface area contributed by atoms with Crippen LogP contribution in [0.25, 0.3) is 0 Å². The summed E-state index contributed by atoms with van der Waals surface area (Å²) in [4.78, 5) is 15.7. The molecule has 0 spiro atoms. The summed E-state index contributed by atoms with van der Waals surface area (Å²) in [6.45, 7) is 4.62. The average molecular weight is 219 g/mol. The number of amides is 1. The number of hydrogen-bond acceptors (Lipinski definition) is 3. The maximum absolute atomic E-state index is 11.7. The van der Waals surface area contributed by atoms with Crippen molar-refractivity contribution in [2.45, 2.75) is 0 Å². The molecule has 0 aliphatic carbocycles. The van der Waals surface area contributed by atoms with Crippen LogP contribution in [0.5, 0.6) is 0 Å². The van der Waals surface area contributed by atoms with E-state index in [0.717, 1.165) is 26.2 Å². The van der Waals surface area contributed by atoms with Crippen LogP contribution in [0.2, 0.25) is 0 Å². The molecular weight excluding hydrogens is 202 g/mol. The average Bonchev–Trinajstić information content (AvgIpc) is 2.30. The number of nitrogens with zero attached hydrogens (tertiary/aromatic N) is 2. The van der Waals surface area contributed by atoms with Gasteiger partial charge in [-0.2, -0.15) is 0 Å². The molecule has 1 aliphatic heterocycles. The standard InChI is InChI=1S/C12H17N3O/c1-3-5-13-11-12(16)15-9-7-14(6-4-2)8-10-15/h1-2,13H,5-11H2. The van der Waals surface area contributed by atoms with Gasteiger partial charge >= 0.3 is 0 Å². The lowest BCUT2D eigenvalue weighted by Gasteiger charge is -2.33. The van der Waals surface area contributed by atoms with Gasteiger partial charge in [0.25, 0.3) is 0 Å². The highest BCUT2D eigenvalue weighted by molar-refractivity contribution is 5.78. The maximum Gasteiger partial charge on any atom is 0.236 e. The lowest BCUT2D eigenvalue weighted by molar-refractivity contribution is -0.131. The third-order valence-electron chi connectivity index (χ3n) is 2.54. The predicted molar refractivity (Wildman–Crippen MR) is 63.6 cm³/mol. The monoisotopic (exact) mass is 219 g/mol. The fraction of sp³-hybridized carbons (Fsp3) is 0.583. The van der Waals surface area contributed by atoms with Crippen molar-refractivity contribution in [1.29, 1.82) is 0 Å². The van der Waals surface area contributed by atoms with E-state index in [1.54, 1.807) is 0 Å². The van der Waals surface area contributed by atoms with Crippen molar-refractivity contribution in [2.75, 3.05) is 45.8 Å². The number of rotatable bonds is 4. The van der Waals surface area contributed by atoms with E-state index in [-0.39, 0.29) is 5.91 Å². The largest absolute Gasteiger partial charge is 0.339 e. The van der Waals surface area contributed by atoms with Crippen LogP contribution in [-0.2, 0) is 4.79 Å². The van der Waals surface area contributed by atoms with E-state index in [1.165, 1.54) is 0 Å². The fourth-order valence-electron chi connectivity index (χ4n) is 1.64. The van der Waals surface area contributed by atoms with Crippen molar-refractivity contribution in [1.82, 2.24) is 15.1 Å². The first kappa shape index (κ1) is 12.6. The molecular formula is C12H17N3O. The number of carbonyl (C=O) groups is 1. The van der Waals surface area contributed by atoms with Crippen LogP contribution >= 0.6 is 0 Å². The molecule has 1 heterocycles. The van der Waals surface area contributed by atoms with Crippen LogP contribution in [0, 0.1) is 24.7 Å². The highest BCUT2D eigenvalue weighted by Crippen LogP contribution is 2.00. The molecule has 0 atom stereocenters. The van der Waals surface area contributed by atoms with E-state index in [2.05, 4.69) is 22.1 Å². The molecule has 1 rings (SSSR count). The van der Waals surface area contributed by atoms with Gasteiger partial charge in [0, 0.05) is 26.2 Å². The summed E-state index contributed by atoms with van der Waals surface area (Å²) in [5.74, 6) is 5.16. The summed E-state index contributed by atoms with van der Waals surface area (Å²) in [6, 6.07) is 0. The third kappa shape index (κ3) is 3.94. The minimum Gasteiger partial charge on any atom is -0.339 e. The molecule has 1 fully saturated rings. The molecule has 4 heteroatoms. The summed E-state index contributed by atoms with van der Waals surface area (Å²) in [7, 11) is 0. The minimum atomic E-state index is 0.107. The van der Waals surface area contributed by atoms with Gasteiger partial charge in [0.05, 0.1) is 19.6 Å². The zero-order valence-corrected chi connectivity index (χ0v) is 9.41. The second kappa shape index (κ2) is 6.90. The highest BCUT2D eigenvalue weighted by atomic mass is 16.2. The topological polar surface area (TPSA) is 35.6 Å². The summed E-state index contributed by atoms with van der Waals surface area (Å²) in [5.41, 5.74) is 0. The second-order valence-corrected chi connectivity index (χ2v) is 3.67. The van der Waals surface area contributed by atoms with Gasteiger partial charge in [0.2, 0.25) is 5.91 Å². The van der Waals surface area contributed by atoms with Crippen molar-refractivity contribution < 1.29 is 4.79 Å². The van der Waals surface area contributed by atoms with Crippen molar-refractivity contribution in [2.24, 2.45) is 0 Å². The Morgan fingerprint density at radius 2 is 1.88 bits per heavy atom. The molecule has 0 aromatic carbocycles. The number of terminal acetylenes is 2. The Hall–Kier alpha value is -1.49. The lowest BCUT2D eigenvalue weighted by Crippen LogP contribution is -2.50. The first-order valence-electron chi connectivity index (χ1n) is 5.35. The Morgan fingerprint density at radius 3 is 2.44 bits per heavy atom. The van der Waals surface area contributed by atoms with Crippen LogP contribution in [0.3, 0.4) is 0 Å². The zero-order valence-electron chi connectivity index (χ0n) is 9.41. The fourth-order valence-corrected chi connectivity index (χ4v) is 1.64. The Kier molecular flexibility index (Phi) is 5.42. The van der Waals surface area contributed by atoms with E-state index in [0.29, 0.717) is 19.6 Å². The van der Waals surface area contributed by atoms with Crippen molar-refractivity contribution in [3.63, 3.8) is 0 Å². The molecule has 16 heavy (non-hydrogen) atoms. The number of hydrogen-bond donors (Lipinski definition) is 1. The summed E-state index contributed by atoms with van der Waals surface area (Å²) < 4.78 is 0. The predicted octanol–water partition coefficient (Wildman–Crippen LogP) is -1.01. The Bertz CT molecular complexity index is 305. The van der Waals surface area contributed by atoms with Gasteiger partial charge in [-0.25, -0.2) is 0 Å². The Balaban J connectivity index is 2.23. The van der Waals surface area contributed by atoms with Gasteiger partial charge < -0.3 is 4.90 Å². The van der Waals surface area contributed by atoms with E-state index < -0.39 is 0 Å². The quantitative estimate of drug-likeness (QED) is 0.486. The molecule has 0 unspecified atom stereocenters. The molecule has 1 aliphatic rings. The number of piperazine rings is 1. The molecule has 86 valence electrons. The normalized spacial score (nSPS) is 16.5. The summed E-state index contributed by atoms with van der Waals surface area (Å²) in [6.07, 6.45) is 10.3. The van der Waals surface area contributed by atoms with Gasteiger partial charge in [-0.1, -0.05) is 11.8 Å². The van der Waals surface area contributed by atoms with Crippen LogP contribution in [0.15, 0.2) is 0 Å². The molecule has 1 N–H and O–H groups in total. The van der Waals surface area contributed by atoms with Crippen LogP contribution in [-0.4, -0.2) is 61.5 Å². The van der Waals surface area contributed by atoms with Crippen molar-refractivity contribution >= 4 is 5.91 Å². The second-order valence-electron chi connectivity index (χ2n) is 3.67. The molecule has 4 nitrogen and oxygen atoms in total. The van der Waals surface area contributed by atoms with Gasteiger partial charge in [0.15, 0.2) is 0 Å². The smallest absolute Gasteiger partial charge is 0.236 e. The van der Waals surface area contributed by atoms with Gasteiger partial charge in [-0.15, -0.1) is 12.8 Å². The molecule has 0 bridgehead atoms. The zero-order chi connectivity index (χ0) is 11.8. The van der Waals surface area contributed by atoms with Crippen LogP contribution in [0.1, 0.15) is 0 Å². The highest BCUT2D eigenvalue weighted by Gasteiger charge is 2.19. The Labute approximate surface area is 97.0 Å². The minimum absolute atomic E-state index is 0.107. The molecule has 0 aromatic heterocycles. The van der Waals surface area contributed by atoms with Gasteiger partial charge in [0.1, 0.15) is 0 Å². The molecule has 0 aromatic rings. The van der Waals surface area contributed by atoms with Crippen molar-refractivity contribution in [3.8, 4) is 24.7 Å². The van der Waals surface area contributed by atoms with E-state index in [9.17, 15) is 4.79 Å². The van der Waals surface area contributed by atoms with Crippen molar-refractivity contribution in [3.05, 3.63) is 0 Å². The van der Waals surface area contributed by atoms with Crippen LogP contribution < -0.4 is 5.32 Å². The molecule has 0 saturated carbocycles. The first-order chi connectivity index (χ1) is 7.77. The summed E-state index contributed by atoms with van der Waals surface area (Å²) >= 11 is 0. The first-order valence-corrected chi connectivity index (χ1v) is 5.35. The van der Waals surface area contributed by atoms with Gasteiger partial charge in [-0.05, 0) is 0 Å². The molecule has 1 amide bonds. The summed E-state index contributed by atoms with van der Waals surface area (Å²) in [5, 5.41) is 2.90. The van der Waals surface area contributed by atoms with E-state index >= 15 is 0 Å². The number of carbonyl (C=O) groups excluding carboxylic acids is 1. The molecule has 0 radical (unpaired) electrons. The van der Waals surface area contributed by atoms with Crippen LogP contribution in [0.4, 0.5) is 0 Å². The lowest BCUT2D eigenvalue weighted by atomic mass is 10.3. The SMILES string of the molecule is C#CCNCC(=O)N1CCN(CC#C)CC1. The van der Waals surface area contributed by atoms with Gasteiger partial charge in [-0.3, -0.25) is 15.0 Å².